The van der Waals surface area contributed by atoms with Crippen molar-refractivity contribution in [2.24, 2.45) is 0 Å². The molecule has 1 atom stereocenters. The fourth-order valence-electron chi connectivity index (χ4n) is 1.70. The third kappa shape index (κ3) is 4.35. The van der Waals surface area contributed by atoms with Gasteiger partial charge >= 0.3 is 0 Å². The summed E-state index contributed by atoms with van der Waals surface area (Å²) in [6.45, 7) is 8.38. The van der Waals surface area contributed by atoms with Gasteiger partial charge in [-0.25, -0.2) is 4.98 Å². The molecule has 0 aromatic carbocycles. The first-order valence-corrected chi connectivity index (χ1v) is 6.35. The summed E-state index contributed by atoms with van der Waals surface area (Å²) in [7, 11) is 0. The van der Waals surface area contributed by atoms with E-state index in [1.807, 2.05) is 19.1 Å². The van der Waals surface area contributed by atoms with Gasteiger partial charge in [0.1, 0.15) is 0 Å². The third-order valence-electron chi connectivity index (χ3n) is 2.67. The first kappa shape index (κ1) is 14.0. The van der Waals surface area contributed by atoms with Gasteiger partial charge < -0.3 is 9.84 Å². The number of nitrogens with zero attached hydrogens (tertiary/aromatic N) is 1. The second-order valence-electron chi connectivity index (χ2n) is 4.77. The van der Waals surface area contributed by atoms with Crippen molar-refractivity contribution in [1.82, 2.24) is 4.98 Å². The highest BCUT2D eigenvalue weighted by Gasteiger charge is 2.09. The van der Waals surface area contributed by atoms with Crippen LogP contribution >= 0.6 is 0 Å². The molecule has 0 aliphatic rings. The topological polar surface area (TPSA) is 42.4 Å². The van der Waals surface area contributed by atoms with Gasteiger partial charge in [0.05, 0.1) is 12.7 Å². The number of aliphatic hydroxyl groups is 1. The van der Waals surface area contributed by atoms with Gasteiger partial charge in [-0.15, -0.1) is 0 Å². The van der Waals surface area contributed by atoms with Gasteiger partial charge in [0.25, 0.3) is 0 Å². The van der Waals surface area contributed by atoms with Gasteiger partial charge in [0, 0.05) is 11.8 Å². The number of hydrogen-bond donors (Lipinski definition) is 1. The molecule has 0 aliphatic carbocycles. The average molecular weight is 237 g/mol. The Balaban J connectivity index is 2.87. The molecule has 17 heavy (non-hydrogen) atoms. The number of hydrogen-bond acceptors (Lipinski definition) is 3. The zero-order valence-electron chi connectivity index (χ0n) is 11.2. The van der Waals surface area contributed by atoms with Crippen LogP contribution in [0.2, 0.25) is 0 Å². The number of ether oxygens (including phenoxy) is 1. The SMILES string of the molecule is CCCC(C)Oc1cc(CO)cc(C(C)C)n1. The van der Waals surface area contributed by atoms with Crippen molar-refractivity contribution in [2.75, 3.05) is 0 Å². The summed E-state index contributed by atoms with van der Waals surface area (Å²) >= 11 is 0. The minimum absolute atomic E-state index is 0.0285. The molecule has 96 valence electrons. The summed E-state index contributed by atoms with van der Waals surface area (Å²) in [4.78, 5) is 4.47. The molecular weight excluding hydrogens is 214 g/mol. The summed E-state index contributed by atoms with van der Waals surface area (Å²) in [5.74, 6) is 0.964. The Bertz CT molecular complexity index is 350. The van der Waals surface area contributed by atoms with Crippen molar-refractivity contribution in [3.05, 3.63) is 23.4 Å². The summed E-state index contributed by atoms with van der Waals surface area (Å²) in [5.41, 5.74) is 1.83. The van der Waals surface area contributed by atoms with Crippen molar-refractivity contribution in [1.29, 1.82) is 0 Å². The van der Waals surface area contributed by atoms with Crippen LogP contribution in [0.1, 0.15) is 57.7 Å². The lowest BCUT2D eigenvalue weighted by Gasteiger charge is -2.15. The molecule has 0 radical (unpaired) electrons. The smallest absolute Gasteiger partial charge is 0.214 e. The molecule has 3 heteroatoms. The second-order valence-corrected chi connectivity index (χ2v) is 4.77. The predicted octanol–water partition coefficient (Wildman–Crippen LogP) is 3.26. The number of rotatable bonds is 6. The Morgan fingerprint density at radius 1 is 1.29 bits per heavy atom. The minimum atomic E-state index is 0.0285. The highest BCUT2D eigenvalue weighted by Crippen LogP contribution is 2.20. The predicted molar refractivity (Wildman–Crippen MR) is 69.2 cm³/mol. The molecule has 0 bridgehead atoms. The first-order chi connectivity index (χ1) is 8.06. The van der Waals surface area contributed by atoms with Crippen LogP contribution in [-0.4, -0.2) is 16.2 Å². The van der Waals surface area contributed by atoms with Crippen LogP contribution in [0.15, 0.2) is 12.1 Å². The largest absolute Gasteiger partial charge is 0.475 e. The van der Waals surface area contributed by atoms with Crippen molar-refractivity contribution in [3.63, 3.8) is 0 Å². The lowest BCUT2D eigenvalue weighted by Crippen LogP contribution is -2.13. The Labute approximate surface area is 104 Å². The highest BCUT2D eigenvalue weighted by atomic mass is 16.5. The van der Waals surface area contributed by atoms with Gasteiger partial charge in [-0.05, 0) is 30.9 Å². The van der Waals surface area contributed by atoms with E-state index in [1.54, 1.807) is 0 Å². The zero-order valence-corrected chi connectivity index (χ0v) is 11.2. The van der Waals surface area contributed by atoms with Crippen LogP contribution < -0.4 is 4.74 Å². The number of aliphatic hydroxyl groups excluding tert-OH is 1. The molecular formula is C14H23NO2. The summed E-state index contributed by atoms with van der Waals surface area (Å²) in [6.07, 6.45) is 2.28. The monoisotopic (exact) mass is 237 g/mol. The lowest BCUT2D eigenvalue weighted by molar-refractivity contribution is 0.199. The molecule has 0 amide bonds. The van der Waals surface area contributed by atoms with E-state index in [1.165, 1.54) is 0 Å². The van der Waals surface area contributed by atoms with Gasteiger partial charge in [0.15, 0.2) is 0 Å². The van der Waals surface area contributed by atoms with E-state index >= 15 is 0 Å². The van der Waals surface area contributed by atoms with E-state index in [0.29, 0.717) is 11.8 Å². The number of pyridine rings is 1. The molecule has 1 unspecified atom stereocenters. The third-order valence-corrected chi connectivity index (χ3v) is 2.67. The molecule has 3 nitrogen and oxygen atoms in total. The highest BCUT2D eigenvalue weighted by molar-refractivity contribution is 5.26. The van der Waals surface area contributed by atoms with Gasteiger partial charge in [-0.3, -0.25) is 0 Å². The van der Waals surface area contributed by atoms with Crippen LogP contribution in [-0.2, 0) is 6.61 Å². The molecule has 0 saturated carbocycles. The maximum Gasteiger partial charge on any atom is 0.214 e. The van der Waals surface area contributed by atoms with Crippen LogP contribution in [0.4, 0.5) is 0 Å². The zero-order chi connectivity index (χ0) is 12.8. The molecule has 1 heterocycles. The van der Waals surface area contributed by atoms with Crippen LogP contribution in [0, 0.1) is 0 Å². The second kappa shape index (κ2) is 6.60. The summed E-state index contributed by atoms with van der Waals surface area (Å²) in [6, 6.07) is 3.75. The Hall–Kier alpha value is -1.09. The summed E-state index contributed by atoms with van der Waals surface area (Å²) in [5, 5.41) is 9.22. The van der Waals surface area contributed by atoms with Crippen molar-refractivity contribution < 1.29 is 9.84 Å². The average Bonchev–Trinajstić information content (AvgIpc) is 2.28. The fourth-order valence-corrected chi connectivity index (χ4v) is 1.70. The summed E-state index contributed by atoms with van der Waals surface area (Å²) < 4.78 is 5.77. The van der Waals surface area contributed by atoms with E-state index in [2.05, 4.69) is 25.8 Å². The maximum absolute atomic E-state index is 9.22. The molecule has 1 rings (SSSR count). The Morgan fingerprint density at radius 3 is 2.53 bits per heavy atom. The molecule has 0 spiro atoms. The van der Waals surface area contributed by atoms with E-state index in [9.17, 15) is 5.11 Å². The standard InChI is InChI=1S/C14H23NO2/c1-5-6-11(4)17-14-8-12(9-16)7-13(15-14)10(2)3/h7-8,10-11,16H,5-6,9H2,1-4H3. The Kier molecular flexibility index (Phi) is 5.42. The van der Waals surface area contributed by atoms with Crippen LogP contribution in [0.5, 0.6) is 5.88 Å². The molecule has 0 fully saturated rings. The van der Waals surface area contributed by atoms with Crippen molar-refractivity contribution >= 4 is 0 Å². The van der Waals surface area contributed by atoms with Crippen molar-refractivity contribution in [2.45, 2.75) is 59.2 Å². The number of aromatic nitrogens is 1. The van der Waals surface area contributed by atoms with Gasteiger partial charge in [0.2, 0.25) is 5.88 Å². The van der Waals surface area contributed by atoms with Crippen LogP contribution in [0.3, 0.4) is 0 Å². The molecule has 1 aromatic rings. The van der Waals surface area contributed by atoms with Crippen LogP contribution in [0.25, 0.3) is 0 Å². The van der Waals surface area contributed by atoms with E-state index in [0.717, 1.165) is 24.1 Å². The lowest BCUT2D eigenvalue weighted by atomic mass is 10.1. The van der Waals surface area contributed by atoms with E-state index < -0.39 is 0 Å². The molecule has 0 saturated heterocycles. The Morgan fingerprint density at radius 2 is 2.00 bits per heavy atom. The molecule has 1 aromatic heterocycles. The fraction of sp³-hybridized carbons (Fsp3) is 0.643. The first-order valence-electron chi connectivity index (χ1n) is 6.35. The van der Waals surface area contributed by atoms with Gasteiger partial charge in [-0.1, -0.05) is 27.2 Å². The molecule has 0 aliphatic heterocycles. The maximum atomic E-state index is 9.22. The van der Waals surface area contributed by atoms with E-state index in [4.69, 9.17) is 4.74 Å². The minimum Gasteiger partial charge on any atom is -0.475 e. The quantitative estimate of drug-likeness (QED) is 0.825. The van der Waals surface area contributed by atoms with Gasteiger partial charge in [-0.2, -0.15) is 0 Å². The molecule has 1 N–H and O–H groups in total. The van der Waals surface area contributed by atoms with E-state index in [-0.39, 0.29) is 12.7 Å². The van der Waals surface area contributed by atoms with Crippen molar-refractivity contribution in [3.8, 4) is 5.88 Å². The normalized spacial score (nSPS) is 12.8.